The average Bonchev–Trinajstić information content (AvgIpc) is 2.65. The van der Waals surface area contributed by atoms with Crippen LogP contribution in [-0.4, -0.2) is 43.3 Å². The van der Waals surface area contributed by atoms with Crippen LogP contribution in [0, 0.1) is 0 Å². The van der Waals surface area contributed by atoms with Gasteiger partial charge in [0.2, 0.25) is 11.8 Å². The van der Waals surface area contributed by atoms with Crippen molar-refractivity contribution in [3.63, 3.8) is 0 Å². The molecule has 0 aliphatic carbocycles. The summed E-state index contributed by atoms with van der Waals surface area (Å²) in [5.74, 6) is -0.479. The predicted octanol–water partition coefficient (Wildman–Crippen LogP) is 2.50. The maximum atomic E-state index is 12.1. The second-order valence-electron chi connectivity index (χ2n) is 7.73. The minimum absolute atomic E-state index is 0.156. The first kappa shape index (κ1) is 22.4. The van der Waals surface area contributed by atoms with Gasteiger partial charge in [-0.25, -0.2) is 4.79 Å². The molecule has 1 saturated heterocycles. The Hall–Kier alpha value is -2.87. The van der Waals surface area contributed by atoms with Crippen LogP contribution in [0.1, 0.15) is 39.2 Å². The molecule has 0 unspecified atom stereocenters. The van der Waals surface area contributed by atoms with Crippen LogP contribution in [0.25, 0.3) is 0 Å². The maximum Gasteiger partial charge on any atom is 0.408 e. The van der Waals surface area contributed by atoms with Gasteiger partial charge in [0.1, 0.15) is 12.1 Å². The van der Waals surface area contributed by atoms with E-state index in [1.165, 1.54) is 0 Å². The molecule has 1 aliphatic rings. The first-order chi connectivity index (χ1) is 13.7. The summed E-state index contributed by atoms with van der Waals surface area (Å²) in [5, 5.41) is 7.95. The molecule has 158 valence electrons. The number of alkyl carbamates (subject to hydrolysis) is 1. The van der Waals surface area contributed by atoms with Crippen molar-refractivity contribution in [2.75, 3.05) is 25.1 Å². The standard InChI is InChI=1S/C21H29N3O5/c1-21(2,3)29-20(27)23-14-19(26)22-13-16-4-6-17(7-5-16)24-18(25)12-15-8-10-28-11-9-15/h4-7,12H,8-11,13-14H2,1-3H3,(H,22,26)(H,23,27)(H,24,25). The van der Waals surface area contributed by atoms with Gasteiger partial charge in [0, 0.05) is 18.3 Å². The van der Waals surface area contributed by atoms with Crippen molar-refractivity contribution in [3.8, 4) is 0 Å². The normalized spacial score (nSPS) is 14.0. The fraction of sp³-hybridized carbons (Fsp3) is 0.476. The lowest BCUT2D eigenvalue weighted by molar-refractivity contribution is -0.120. The van der Waals surface area contributed by atoms with E-state index in [2.05, 4.69) is 16.0 Å². The summed E-state index contributed by atoms with van der Waals surface area (Å²) < 4.78 is 10.3. The summed E-state index contributed by atoms with van der Waals surface area (Å²) in [6.07, 6.45) is 2.57. The van der Waals surface area contributed by atoms with E-state index in [1.54, 1.807) is 39.0 Å². The molecule has 8 heteroatoms. The summed E-state index contributed by atoms with van der Waals surface area (Å²) >= 11 is 0. The molecule has 1 aromatic rings. The molecule has 8 nitrogen and oxygen atoms in total. The highest BCUT2D eigenvalue weighted by Crippen LogP contribution is 2.14. The lowest BCUT2D eigenvalue weighted by Gasteiger charge is -2.19. The second kappa shape index (κ2) is 10.6. The van der Waals surface area contributed by atoms with E-state index in [0.717, 1.165) is 24.0 Å². The third-order valence-corrected chi connectivity index (χ3v) is 3.97. The summed E-state index contributed by atoms with van der Waals surface area (Å²) in [4.78, 5) is 35.4. The third kappa shape index (κ3) is 9.25. The van der Waals surface area contributed by atoms with Gasteiger partial charge in [0.15, 0.2) is 0 Å². The number of amides is 3. The Morgan fingerprint density at radius 3 is 2.34 bits per heavy atom. The van der Waals surface area contributed by atoms with Gasteiger partial charge in [-0.15, -0.1) is 0 Å². The monoisotopic (exact) mass is 403 g/mol. The van der Waals surface area contributed by atoms with Crippen LogP contribution >= 0.6 is 0 Å². The van der Waals surface area contributed by atoms with Gasteiger partial charge in [-0.2, -0.15) is 0 Å². The number of rotatable bonds is 6. The summed E-state index contributed by atoms with van der Waals surface area (Å²) in [5.41, 5.74) is 2.03. The fourth-order valence-corrected chi connectivity index (χ4v) is 2.58. The van der Waals surface area contributed by atoms with Gasteiger partial charge in [0.25, 0.3) is 0 Å². The molecule has 3 amide bonds. The number of hydrogen-bond acceptors (Lipinski definition) is 5. The molecular formula is C21H29N3O5. The van der Waals surface area contributed by atoms with Crippen LogP contribution < -0.4 is 16.0 Å². The molecule has 0 bridgehead atoms. The van der Waals surface area contributed by atoms with E-state index < -0.39 is 11.7 Å². The zero-order chi connectivity index (χ0) is 21.3. The molecule has 1 fully saturated rings. The molecule has 1 aliphatic heterocycles. The Morgan fingerprint density at radius 1 is 1.07 bits per heavy atom. The van der Waals surface area contributed by atoms with E-state index >= 15 is 0 Å². The molecule has 0 spiro atoms. The van der Waals surface area contributed by atoms with Gasteiger partial charge in [-0.3, -0.25) is 9.59 Å². The molecule has 1 heterocycles. The van der Waals surface area contributed by atoms with Crippen molar-refractivity contribution in [2.45, 2.75) is 45.8 Å². The number of nitrogens with one attached hydrogen (secondary N) is 3. The summed E-state index contributed by atoms with van der Waals surface area (Å²) in [7, 11) is 0. The zero-order valence-electron chi connectivity index (χ0n) is 17.2. The van der Waals surface area contributed by atoms with Crippen LogP contribution in [-0.2, 0) is 25.6 Å². The Balaban J connectivity index is 1.72. The van der Waals surface area contributed by atoms with Gasteiger partial charge in [-0.05, 0) is 51.3 Å². The molecule has 0 radical (unpaired) electrons. The first-order valence-corrected chi connectivity index (χ1v) is 9.62. The lowest BCUT2D eigenvalue weighted by atomic mass is 10.1. The lowest BCUT2D eigenvalue weighted by Crippen LogP contribution is -2.39. The molecule has 3 N–H and O–H groups in total. The molecule has 0 saturated carbocycles. The van der Waals surface area contributed by atoms with Crippen molar-refractivity contribution < 1.29 is 23.9 Å². The van der Waals surface area contributed by atoms with Gasteiger partial charge < -0.3 is 25.4 Å². The highest BCUT2D eigenvalue weighted by molar-refractivity contribution is 5.99. The molecular weight excluding hydrogens is 374 g/mol. The molecule has 0 atom stereocenters. The predicted molar refractivity (Wildman–Crippen MR) is 109 cm³/mol. The summed E-state index contributed by atoms with van der Waals surface area (Å²) in [6, 6.07) is 7.19. The van der Waals surface area contributed by atoms with Crippen LogP contribution in [0.2, 0.25) is 0 Å². The average molecular weight is 403 g/mol. The van der Waals surface area contributed by atoms with E-state index in [-0.39, 0.29) is 18.4 Å². The van der Waals surface area contributed by atoms with Crippen molar-refractivity contribution >= 4 is 23.6 Å². The van der Waals surface area contributed by atoms with Crippen molar-refractivity contribution in [1.82, 2.24) is 10.6 Å². The van der Waals surface area contributed by atoms with E-state index in [4.69, 9.17) is 9.47 Å². The minimum atomic E-state index is -0.636. The topological polar surface area (TPSA) is 106 Å². The van der Waals surface area contributed by atoms with Gasteiger partial charge in [0.05, 0.1) is 13.2 Å². The first-order valence-electron chi connectivity index (χ1n) is 9.62. The van der Waals surface area contributed by atoms with E-state index in [0.29, 0.717) is 25.4 Å². The molecule has 2 rings (SSSR count). The molecule has 1 aromatic carbocycles. The number of hydrogen-bond donors (Lipinski definition) is 3. The van der Waals surface area contributed by atoms with E-state index in [9.17, 15) is 14.4 Å². The number of benzene rings is 1. The Bertz CT molecular complexity index is 743. The van der Waals surface area contributed by atoms with Crippen LogP contribution in [0.5, 0.6) is 0 Å². The van der Waals surface area contributed by atoms with Crippen LogP contribution in [0.3, 0.4) is 0 Å². The Labute approximate surface area is 171 Å². The number of carbonyl (C=O) groups is 3. The third-order valence-electron chi connectivity index (χ3n) is 3.97. The van der Waals surface area contributed by atoms with Crippen LogP contribution in [0.4, 0.5) is 10.5 Å². The molecule has 0 aromatic heterocycles. The SMILES string of the molecule is CC(C)(C)OC(=O)NCC(=O)NCc1ccc(NC(=O)C=C2CCOCC2)cc1. The smallest absolute Gasteiger partial charge is 0.408 e. The van der Waals surface area contributed by atoms with E-state index in [1.807, 2.05) is 12.1 Å². The zero-order valence-corrected chi connectivity index (χ0v) is 17.2. The second-order valence-corrected chi connectivity index (χ2v) is 7.73. The number of anilines is 1. The highest BCUT2D eigenvalue weighted by Gasteiger charge is 2.16. The highest BCUT2D eigenvalue weighted by atomic mass is 16.6. The summed E-state index contributed by atoms with van der Waals surface area (Å²) in [6.45, 7) is 6.72. The molecule has 29 heavy (non-hydrogen) atoms. The van der Waals surface area contributed by atoms with Crippen LogP contribution in [0.15, 0.2) is 35.9 Å². The van der Waals surface area contributed by atoms with Crippen molar-refractivity contribution in [3.05, 3.63) is 41.5 Å². The Kier molecular flexibility index (Phi) is 8.21. The van der Waals surface area contributed by atoms with Gasteiger partial charge >= 0.3 is 6.09 Å². The van der Waals surface area contributed by atoms with Crippen molar-refractivity contribution in [2.24, 2.45) is 0 Å². The maximum absolute atomic E-state index is 12.1. The van der Waals surface area contributed by atoms with Crippen molar-refractivity contribution in [1.29, 1.82) is 0 Å². The number of carbonyl (C=O) groups excluding carboxylic acids is 3. The quantitative estimate of drug-likeness (QED) is 0.633. The largest absolute Gasteiger partial charge is 0.444 e. The fourth-order valence-electron chi connectivity index (χ4n) is 2.58. The number of ether oxygens (including phenoxy) is 2. The Morgan fingerprint density at radius 2 is 1.72 bits per heavy atom. The minimum Gasteiger partial charge on any atom is -0.444 e. The van der Waals surface area contributed by atoms with Gasteiger partial charge in [-0.1, -0.05) is 17.7 Å².